The molecule has 0 aromatic heterocycles. The Labute approximate surface area is 90.3 Å². The third-order valence-electron chi connectivity index (χ3n) is 1.78. The van der Waals surface area contributed by atoms with Crippen LogP contribution in [0.5, 0.6) is 0 Å². The predicted molar refractivity (Wildman–Crippen MR) is 56.0 cm³/mol. The van der Waals surface area contributed by atoms with E-state index in [-0.39, 0.29) is 6.29 Å². The maximum Gasteiger partial charge on any atom is 0.159 e. The van der Waals surface area contributed by atoms with Gasteiger partial charge < -0.3 is 9.47 Å². The number of hydrogen-bond acceptors (Lipinski definition) is 2. The highest BCUT2D eigenvalue weighted by Crippen LogP contribution is 2.22. The minimum atomic E-state index is -0.0485. The highest BCUT2D eigenvalue weighted by atomic mass is 79.9. The summed E-state index contributed by atoms with van der Waals surface area (Å²) in [7, 11) is 0. The summed E-state index contributed by atoms with van der Waals surface area (Å²) in [4.78, 5) is 0.697. The first-order valence-electron chi connectivity index (χ1n) is 4.12. The van der Waals surface area contributed by atoms with Crippen LogP contribution in [0.3, 0.4) is 0 Å². The van der Waals surface area contributed by atoms with Crippen LogP contribution in [0, 0.1) is 5.92 Å². The topological polar surface area (TPSA) is 18.5 Å². The first-order valence-corrected chi connectivity index (χ1v) is 5.95. The molecular weight excluding hydrogens is 288 g/mol. The molecule has 2 nitrogen and oxygen atoms in total. The molecule has 0 aromatic rings. The van der Waals surface area contributed by atoms with Gasteiger partial charge in [0.05, 0.1) is 22.9 Å². The van der Waals surface area contributed by atoms with Gasteiger partial charge in [0.2, 0.25) is 0 Å². The van der Waals surface area contributed by atoms with Crippen molar-refractivity contribution in [1.29, 1.82) is 0 Å². The maximum atomic E-state index is 5.55. The third-order valence-corrected chi connectivity index (χ3v) is 4.29. The molecule has 1 saturated heterocycles. The van der Waals surface area contributed by atoms with Gasteiger partial charge in [0.1, 0.15) is 0 Å². The smallest absolute Gasteiger partial charge is 0.159 e. The van der Waals surface area contributed by atoms with Crippen LogP contribution in [-0.2, 0) is 9.47 Å². The van der Waals surface area contributed by atoms with Crippen LogP contribution >= 0.6 is 31.9 Å². The Morgan fingerprint density at radius 1 is 1.08 bits per heavy atom. The monoisotopic (exact) mass is 300 g/mol. The van der Waals surface area contributed by atoms with Gasteiger partial charge in [0, 0.05) is 5.92 Å². The SMILES string of the molecule is CC(C)C1OCC(Br)C(Br)CO1. The number of halogens is 2. The second-order valence-corrected chi connectivity index (χ2v) is 5.66. The van der Waals surface area contributed by atoms with Gasteiger partial charge in [-0.2, -0.15) is 0 Å². The lowest BCUT2D eigenvalue weighted by atomic mass is 10.2. The van der Waals surface area contributed by atoms with E-state index >= 15 is 0 Å². The van der Waals surface area contributed by atoms with Crippen molar-refractivity contribution in [2.24, 2.45) is 5.92 Å². The van der Waals surface area contributed by atoms with E-state index in [1.807, 2.05) is 0 Å². The molecule has 2 atom stereocenters. The summed E-state index contributed by atoms with van der Waals surface area (Å²) in [5.41, 5.74) is 0. The minimum Gasteiger partial charge on any atom is -0.351 e. The molecule has 0 spiro atoms. The molecule has 0 radical (unpaired) electrons. The van der Waals surface area contributed by atoms with Gasteiger partial charge in [-0.25, -0.2) is 0 Å². The fourth-order valence-corrected chi connectivity index (χ4v) is 1.63. The van der Waals surface area contributed by atoms with E-state index in [1.54, 1.807) is 0 Å². The first-order chi connectivity index (χ1) is 5.61. The van der Waals surface area contributed by atoms with Crippen molar-refractivity contribution < 1.29 is 9.47 Å². The Bertz CT molecular complexity index is 129. The van der Waals surface area contributed by atoms with E-state index in [9.17, 15) is 0 Å². The highest BCUT2D eigenvalue weighted by Gasteiger charge is 2.26. The van der Waals surface area contributed by atoms with E-state index in [4.69, 9.17) is 9.47 Å². The van der Waals surface area contributed by atoms with E-state index in [2.05, 4.69) is 45.7 Å². The van der Waals surface area contributed by atoms with E-state index in [0.29, 0.717) is 28.8 Å². The standard InChI is InChI=1S/C8H14Br2O2/c1-5(2)8-11-3-6(9)7(10)4-12-8/h5-8H,3-4H2,1-2H3. The molecule has 1 fully saturated rings. The van der Waals surface area contributed by atoms with Crippen molar-refractivity contribution in [3.63, 3.8) is 0 Å². The molecule has 1 aliphatic heterocycles. The van der Waals surface area contributed by atoms with E-state index < -0.39 is 0 Å². The Hall–Kier alpha value is 0.880. The Kier molecular flexibility index (Phi) is 4.51. The number of alkyl halides is 2. The molecule has 0 aliphatic carbocycles. The molecule has 1 rings (SSSR count). The van der Waals surface area contributed by atoms with Gasteiger partial charge in [0.15, 0.2) is 6.29 Å². The molecule has 0 bridgehead atoms. The van der Waals surface area contributed by atoms with E-state index in [0.717, 1.165) is 0 Å². The molecule has 0 amide bonds. The van der Waals surface area contributed by atoms with Crippen molar-refractivity contribution in [3.05, 3.63) is 0 Å². The lowest BCUT2D eigenvalue weighted by Gasteiger charge is -2.18. The minimum absolute atomic E-state index is 0.0485. The second kappa shape index (κ2) is 4.94. The Morgan fingerprint density at radius 2 is 1.50 bits per heavy atom. The van der Waals surface area contributed by atoms with Crippen LogP contribution in [0.4, 0.5) is 0 Å². The summed E-state index contributed by atoms with van der Waals surface area (Å²) in [5, 5.41) is 0. The summed E-state index contributed by atoms with van der Waals surface area (Å²) in [6.07, 6.45) is -0.0485. The lowest BCUT2D eigenvalue weighted by Crippen LogP contribution is -2.22. The number of ether oxygens (including phenoxy) is 2. The summed E-state index contributed by atoms with van der Waals surface area (Å²) in [6.45, 7) is 5.61. The predicted octanol–water partition coefficient (Wildman–Crippen LogP) is 2.54. The largest absolute Gasteiger partial charge is 0.351 e. The van der Waals surface area contributed by atoms with Crippen LogP contribution in [-0.4, -0.2) is 29.2 Å². The number of hydrogen-bond donors (Lipinski definition) is 0. The van der Waals surface area contributed by atoms with Crippen LogP contribution < -0.4 is 0 Å². The highest BCUT2D eigenvalue weighted by molar-refractivity contribution is 9.12. The van der Waals surface area contributed by atoms with Crippen LogP contribution in [0.15, 0.2) is 0 Å². The fraction of sp³-hybridized carbons (Fsp3) is 1.00. The zero-order chi connectivity index (χ0) is 9.14. The molecule has 12 heavy (non-hydrogen) atoms. The van der Waals surface area contributed by atoms with Crippen molar-refractivity contribution >= 4 is 31.9 Å². The van der Waals surface area contributed by atoms with Crippen LogP contribution in [0.25, 0.3) is 0 Å². The molecule has 0 N–H and O–H groups in total. The van der Waals surface area contributed by atoms with Crippen LogP contribution in [0.1, 0.15) is 13.8 Å². The molecule has 72 valence electrons. The Balaban J connectivity index is 2.44. The van der Waals surface area contributed by atoms with Gasteiger partial charge in [-0.15, -0.1) is 0 Å². The normalized spacial score (nSPS) is 38.2. The molecule has 4 heteroatoms. The van der Waals surface area contributed by atoms with Gasteiger partial charge in [-0.1, -0.05) is 45.7 Å². The second-order valence-electron chi connectivity index (χ2n) is 3.31. The average Bonchev–Trinajstić information content (AvgIpc) is 2.16. The van der Waals surface area contributed by atoms with Gasteiger partial charge >= 0.3 is 0 Å². The summed E-state index contributed by atoms with van der Waals surface area (Å²) >= 11 is 7.06. The quantitative estimate of drug-likeness (QED) is 0.693. The Morgan fingerprint density at radius 3 is 1.83 bits per heavy atom. The zero-order valence-electron chi connectivity index (χ0n) is 7.30. The van der Waals surface area contributed by atoms with Crippen molar-refractivity contribution in [2.75, 3.05) is 13.2 Å². The van der Waals surface area contributed by atoms with Gasteiger partial charge in [-0.05, 0) is 0 Å². The molecule has 0 saturated carbocycles. The van der Waals surface area contributed by atoms with E-state index in [1.165, 1.54) is 0 Å². The summed E-state index contributed by atoms with van der Waals surface area (Å²) in [5.74, 6) is 0.419. The number of rotatable bonds is 1. The van der Waals surface area contributed by atoms with Crippen molar-refractivity contribution in [2.45, 2.75) is 29.8 Å². The molecule has 1 aliphatic rings. The molecule has 2 unspecified atom stereocenters. The zero-order valence-corrected chi connectivity index (χ0v) is 10.5. The first kappa shape index (κ1) is 11.0. The molecule has 1 heterocycles. The van der Waals surface area contributed by atoms with Crippen LogP contribution in [0.2, 0.25) is 0 Å². The van der Waals surface area contributed by atoms with Gasteiger partial charge in [-0.3, -0.25) is 0 Å². The summed E-state index contributed by atoms with van der Waals surface area (Å²) in [6, 6.07) is 0. The maximum absolute atomic E-state index is 5.55. The average molecular weight is 302 g/mol. The van der Waals surface area contributed by atoms with Crippen molar-refractivity contribution in [1.82, 2.24) is 0 Å². The lowest BCUT2D eigenvalue weighted by molar-refractivity contribution is -0.150. The fourth-order valence-electron chi connectivity index (χ4n) is 1.02. The molecular formula is C8H14Br2O2. The molecule has 0 aromatic carbocycles. The van der Waals surface area contributed by atoms with Gasteiger partial charge in [0.25, 0.3) is 0 Å². The third kappa shape index (κ3) is 2.98. The van der Waals surface area contributed by atoms with Crippen molar-refractivity contribution in [3.8, 4) is 0 Å². The summed E-state index contributed by atoms with van der Waals surface area (Å²) < 4.78 is 11.1.